The van der Waals surface area contributed by atoms with Crippen LogP contribution in [0.1, 0.15) is 19.3 Å². The number of nitrogens with zero attached hydrogens (tertiary/aromatic N) is 1. The molecule has 3 heteroatoms. The van der Waals surface area contributed by atoms with E-state index in [0.717, 1.165) is 29.6 Å². The third kappa shape index (κ3) is 1.39. The van der Waals surface area contributed by atoms with Gasteiger partial charge in [-0.1, -0.05) is 18.2 Å². The molecule has 1 heterocycles. The molecule has 1 spiro atoms. The van der Waals surface area contributed by atoms with Gasteiger partial charge in [0.05, 0.1) is 5.41 Å². The van der Waals surface area contributed by atoms with Crippen LogP contribution in [-0.2, 0) is 9.59 Å². The number of allylic oxidation sites excluding steroid dienone is 9. The molecule has 0 aromatic carbocycles. The lowest BCUT2D eigenvalue weighted by Gasteiger charge is -2.40. The molecule has 1 saturated carbocycles. The molecule has 5 aliphatic rings. The molecule has 0 bridgehead atoms. The smallest absolute Gasteiger partial charge is 0.178 e. The van der Waals surface area contributed by atoms with Crippen molar-refractivity contribution in [3.63, 3.8) is 0 Å². The van der Waals surface area contributed by atoms with Gasteiger partial charge in [-0.25, -0.2) is 0 Å². The van der Waals surface area contributed by atoms with E-state index < -0.39 is 5.41 Å². The van der Waals surface area contributed by atoms with E-state index in [9.17, 15) is 9.59 Å². The molecule has 4 aliphatic carbocycles. The van der Waals surface area contributed by atoms with Crippen LogP contribution in [0.3, 0.4) is 0 Å². The molecule has 0 radical (unpaired) electrons. The summed E-state index contributed by atoms with van der Waals surface area (Å²) in [6.45, 7) is 0. The van der Waals surface area contributed by atoms with Gasteiger partial charge in [0.1, 0.15) is 0 Å². The Balaban J connectivity index is 1.77. The van der Waals surface area contributed by atoms with E-state index in [4.69, 9.17) is 0 Å². The third-order valence-electron chi connectivity index (χ3n) is 5.51. The van der Waals surface area contributed by atoms with Gasteiger partial charge in [-0.2, -0.15) is 0 Å². The molecule has 0 aromatic rings. The summed E-state index contributed by atoms with van der Waals surface area (Å²) in [5.74, 6) is 0.707. The molecule has 0 saturated heterocycles. The molecule has 108 valence electrons. The average molecular weight is 289 g/mol. The van der Waals surface area contributed by atoms with Gasteiger partial charge in [0.2, 0.25) is 0 Å². The van der Waals surface area contributed by atoms with Crippen LogP contribution in [0.15, 0.2) is 63.9 Å². The molecule has 3 nitrogen and oxygen atoms in total. The highest BCUT2D eigenvalue weighted by Crippen LogP contribution is 2.60. The minimum Gasteiger partial charge on any atom is -0.294 e. The first-order chi connectivity index (χ1) is 10.7. The van der Waals surface area contributed by atoms with Crippen molar-refractivity contribution in [1.82, 2.24) is 0 Å². The summed E-state index contributed by atoms with van der Waals surface area (Å²) in [6.07, 6.45) is 16.0. The van der Waals surface area contributed by atoms with Crippen molar-refractivity contribution in [3.8, 4) is 0 Å². The number of hydrogen-bond donors (Lipinski definition) is 0. The zero-order valence-electron chi connectivity index (χ0n) is 12.1. The summed E-state index contributed by atoms with van der Waals surface area (Å²) in [6, 6.07) is 0. The lowest BCUT2D eigenvalue weighted by atomic mass is 9.61. The average Bonchev–Trinajstić information content (AvgIpc) is 3.32. The molecule has 0 amide bonds. The van der Waals surface area contributed by atoms with Crippen LogP contribution >= 0.6 is 0 Å². The van der Waals surface area contributed by atoms with Crippen LogP contribution < -0.4 is 0 Å². The van der Waals surface area contributed by atoms with E-state index in [1.165, 1.54) is 5.57 Å². The summed E-state index contributed by atoms with van der Waals surface area (Å²) in [7, 11) is 0. The Kier molecular flexibility index (Phi) is 2.18. The first-order valence-electron chi connectivity index (χ1n) is 7.85. The molecule has 5 rings (SSSR count). The second kappa shape index (κ2) is 3.92. The van der Waals surface area contributed by atoms with Gasteiger partial charge in [-0.05, 0) is 47.6 Å². The number of hydrogen-bond acceptors (Lipinski definition) is 3. The second-order valence-electron chi connectivity index (χ2n) is 6.73. The SMILES string of the molecule is O=C1C=CC2=CC3=CC(C4CC4)C(=O)C4=CN=CCC34C2=C1. The van der Waals surface area contributed by atoms with Crippen LogP contribution in [0.4, 0.5) is 0 Å². The normalized spacial score (nSPS) is 35.2. The van der Waals surface area contributed by atoms with Crippen molar-refractivity contribution in [2.75, 3.05) is 0 Å². The highest BCUT2D eigenvalue weighted by Gasteiger charge is 2.54. The van der Waals surface area contributed by atoms with Crippen molar-refractivity contribution in [1.29, 1.82) is 0 Å². The number of aliphatic imine (C=N–C) groups is 1. The van der Waals surface area contributed by atoms with Gasteiger partial charge in [-0.15, -0.1) is 0 Å². The summed E-state index contributed by atoms with van der Waals surface area (Å²) < 4.78 is 0. The fraction of sp³-hybridized carbons (Fsp3) is 0.316. The lowest BCUT2D eigenvalue weighted by Crippen LogP contribution is -2.38. The van der Waals surface area contributed by atoms with Crippen molar-refractivity contribution in [3.05, 3.63) is 58.9 Å². The predicted molar refractivity (Wildman–Crippen MR) is 83.2 cm³/mol. The van der Waals surface area contributed by atoms with Crippen LogP contribution in [-0.4, -0.2) is 17.8 Å². The van der Waals surface area contributed by atoms with Crippen LogP contribution in [0.25, 0.3) is 0 Å². The molecule has 22 heavy (non-hydrogen) atoms. The second-order valence-corrected chi connectivity index (χ2v) is 6.73. The van der Waals surface area contributed by atoms with Crippen LogP contribution in [0.5, 0.6) is 0 Å². The van der Waals surface area contributed by atoms with E-state index in [-0.39, 0.29) is 17.5 Å². The number of carbonyl (C=O) groups is 2. The molecular weight excluding hydrogens is 274 g/mol. The highest BCUT2D eigenvalue weighted by molar-refractivity contribution is 6.08. The Hall–Kier alpha value is -2.29. The Morgan fingerprint density at radius 1 is 1.09 bits per heavy atom. The van der Waals surface area contributed by atoms with Crippen molar-refractivity contribution in [2.45, 2.75) is 19.3 Å². The van der Waals surface area contributed by atoms with Gasteiger partial charge in [-0.3, -0.25) is 14.6 Å². The predicted octanol–water partition coefficient (Wildman–Crippen LogP) is 2.87. The van der Waals surface area contributed by atoms with E-state index in [1.807, 2.05) is 12.3 Å². The molecule has 2 atom stereocenters. The third-order valence-corrected chi connectivity index (χ3v) is 5.51. The Labute approximate surface area is 128 Å². The minimum atomic E-state index is -0.458. The first-order valence-corrected chi connectivity index (χ1v) is 7.85. The van der Waals surface area contributed by atoms with Gasteiger partial charge in [0.25, 0.3) is 0 Å². The Morgan fingerprint density at radius 3 is 2.77 bits per heavy atom. The standard InChI is InChI=1S/C19H15NO2/c21-14-4-3-12-7-13-8-15(11-1-2-11)18(22)17-10-20-6-5-19(13,17)16(12)9-14/h3-4,6-11,15H,1-2,5H2. The number of carbonyl (C=O) groups excluding carboxylic acids is 2. The van der Waals surface area contributed by atoms with Crippen molar-refractivity contribution >= 4 is 17.8 Å². The Morgan fingerprint density at radius 2 is 1.95 bits per heavy atom. The largest absolute Gasteiger partial charge is 0.294 e. The summed E-state index contributed by atoms with van der Waals surface area (Å²) >= 11 is 0. The Bertz CT molecular complexity index is 814. The molecule has 1 fully saturated rings. The van der Waals surface area contributed by atoms with Gasteiger partial charge < -0.3 is 0 Å². The summed E-state index contributed by atoms with van der Waals surface area (Å²) in [5.41, 5.74) is 3.55. The fourth-order valence-corrected chi connectivity index (χ4v) is 4.26. The topological polar surface area (TPSA) is 46.5 Å². The lowest BCUT2D eigenvalue weighted by molar-refractivity contribution is -0.119. The highest BCUT2D eigenvalue weighted by atomic mass is 16.1. The maximum Gasteiger partial charge on any atom is 0.178 e. The van der Waals surface area contributed by atoms with E-state index >= 15 is 0 Å². The van der Waals surface area contributed by atoms with Gasteiger partial charge in [0, 0.05) is 30.3 Å². The maximum absolute atomic E-state index is 13.0. The fourth-order valence-electron chi connectivity index (χ4n) is 4.26. The molecule has 0 N–H and O–H groups in total. The van der Waals surface area contributed by atoms with E-state index in [2.05, 4.69) is 17.1 Å². The van der Waals surface area contributed by atoms with Crippen LogP contribution in [0, 0.1) is 17.3 Å². The number of rotatable bonds is 1. The molecule has 1 aliphatic heterocycles. The maximum atomic E-state index is 13.0. The molecule has 0 aromatic heterocycles. The summed E-state index contributed by atoms with van der Waals surface area (Å²) in [4.78, 5) is 29.1. The van der Waals surface area contributed by atoms with Crippen LogP contribution in [0.2, 0.25) is 0 Å². The van der Waals surface area contributed by atoms with Gasteiger partial charge in [0.15, 0.2) is 11.6 Å². The zero-order chi connectivity index (χ0) is 14.9. The van der Waals surface area contributed by atoms with Crippen molar-refractivity contribution in [2.24, 2.45) is 22.2 Å². The number of Topliss-reactive ketones (excluding diaryl/α,β-unsaturated/α-hetero) is 1. The monoisotopic (exact) mass is 289 g/mol. The van der Waals surface area contributed by atoms with Crippen molar-refractivity contribution < 1.29 is 9.59 Å². The molecular formula is C19H15NO2. The van der Waals surface area contributed by atoms with E-state index in [1.54, 1.807) is 18.4 Å². The molecule has 2 unspecified atom stereocenters. The zero-order valence-corrected chi connectivity index (χ0v) is 12.1. The minimum absolute atomic E-state index is 0.0000378. The number of fused-ring (bicyclic) bond motifs is 1. The number of ketones is 2. The quantitative estimate of drug-likeness (QED) is 0.745. The summed E-state index contributed by atoms with van der Waals surface area (Å²) in [5, 5.41) is 0. The van der Waals surface area contributed by atoms with Gasteiger partial charge >= 0.3 is 0 Å². The first kappa shape index (κ1) is 12.3. The van der Waals surface area contributed by atoms with E-state index in [0.29, 0.717) is 12.3 Å².